The van der Waals surface area contributed by atoms with Crippen LogP contribution in [0.5, 0.6) is 0 Å². The van der Waals surface area contributed by atoms with E-state index in [0.717, 1.165) is 12.1 Å². The highest BCUT2D eigenvalue weighted by Crippen LogP contribution is 2.28. The van der Waals surface area contributed by atoms with Crippen LogP contribution in [-0.4, -0.2) is 35.8 Å². The first-order chi connectivity index (χ1) is 13.5. The van der Waals surface area contributed by atoms with Gasteiger partial charge in [0.25, 0.3) is 21.9 Å². The lowest BCUT2D eigenvalue weighted by atomic mass is 10.0. The molecule has 0 spiro atoms. The molecular formula is C17H16N2O9S. The Hall–Kier alpha value is -3.25. The maximum Gasteiger partial charge on any atom is 0.339 e. The van der Waals surface area contributed by atoms with Crippen LogP contribution in [-0.2, 0) is 35.8 Å². The average molecular weight is 424 g/mol. The van der Waals surface area contributed by atoms with Crippen LogP contribution >= 0.6 is 0 Å². The van der Waals surface area contributed by atoms with Gasteiger partial charge in [-0.3, -0.25) is 14.1 Å². The molecule has 2 amide bonds. The van der Waals surface area contributed by atoms with Crippen LogP contribution in [0.1, 0.15) is 30.4 Å². The van der Waals surface area contributed by atoms with Crippen LogP contribution in [0.25, 0.3) is 11.0 Å². The summed E-state index contributed by atoms with van der Waals surface area (Å²) < 4.78 is 37.3. The van der Waals surface area contributed by atoms with Gasteiger partial charge in [-0.25, -0.2) is 9.59 Å². The summed E-state index contributed by atoms with van der Waals surface area (Å²) in [4.78, 5) is 51.4. The van der Waals surface area contributed by atoms with Crippen molar-refractivity contribution in [3.8, 4) is 0 Å². The molecule has 2 aromatic rings. The number of imide groups is 1. The van der Waals surface area contributed by atoms with E-state index in [-0.39, 0.29) is 47.9 Å². The predicted octanol–water partition coefficient (Wildman–Crippen LogP) is 0.470. The highest BCUT2D eigenvalue weighted by atomic mass is 32.2. The molecule has 0 atom stereocenters. The summed E-state index contributed by atoms with van der Waals surface area (Å²) in [5.74, 6) is -2.15. The quantitative estimate of drug-likeness (QED) is 0.297. The van der Waals surface area contributed by atoms with E-state index in [9.17, 15) is 32.1 Å². The number of nitrogen functional groups attached to an aromatic ring is 1. The fraction of sp³-hybridized carbons (Fsp3) is 0.294. The number of rotatable bonds is 5. The average Bonchev–Trinajstić information content (AvgIpc) is 2.92. The van der Waals surface area contributed by atoms with Gasteiger partial charge in [-0.05, 0) is 25.0 Å². The second-order valence-electron chi connectivity index (χ2n) is 6.40. The number of nitrogens with two attached hydrogens (primary N) is 1. The minimum Gasteiger partial charge on any atom is -0.422 e. The second kappa shape index (κ2) is 7.29. The fourth-order valence-electron chi connectivity index (χ4n) is 2.98. The van der Waals surface area contributed by atoms with Crippen LogP contribution < -0.4 is 11.4 Å². The van der Waals surface area contributed by atoms with Gasteiger partial charge in [0.05, 0.1) is 12.1 Å². The maximum absolute atomic E-state index is 12.3. The number of carbonyl (C=O) groups excluding carboxylic acids is 3. The lowest BCUT2D eigenvalue weighted by Crippen LogP contribution is -2.32. The SMILES string of the molecule is Cc1c(CCC(=O)ON2C(=O)CCC2=O)c(=O)oc2cc(N)c(S(=O)(=O)O)cc12. The summed E-state index contributed by atoms with van der Waals surface area (Å²) in [6, 6.07) is 2.18. The van der Waals surface area contributed by atoms with Gasteiger partial charge in [0.15, 0.2) is 0 Å². The Kier molecular flexibility index (Phi) is 5.15. The third-order valence-corrected chi connectivity index (χ3v) is 5.38. The van der Waals surface area contributed by atoms with Gasteiger partial charge in [0, 0.05) is 29.9 Å². The molecule has 0 bridgehead atoms. The van der Waals surface area contributed by atoms with E-state index in [1.165, 1.54) is 6.92 Å². The zero-order valence-electron chi connectivity index (χ0n) is 15.1. The molecule has 0 radical (unpaired) electrons. The molecule has 3 N–H and O–H groups in total. The summed E-state index contributed by atoms with van der Waals surface area (Å²) in [5, 5.41) is 0.610. The van der Waals surface area contributed by atoms with E-state index in [1.54, 1.807) is 0 Å². The number of carbonyl (C=O) groups is 3. The molecular weight excluding hydrogens is 408 g/mol. The van der Waals surface area contributed by atoms with Crippen molar-refractivity contribution in [3.05, 3.63) is 33.7 Å². The molecule has 1 aliphatic rings. The molecule has 29 heavy (non-hydrogen) atoms. The van der Waals surface area contributed by atoms with Gasteiger partial charge in [0.1, 0.15) is 10.5 Å². The van der Waals surface area contributed by atoms with Crippen molar-refractivity contribution in [3.63, 3.8) is 0 Å². The molecule has 1 aliphatic heterocycles. The molecule has 2 heterocycles. The monoisotopic (exact) mass is 424 g/mol. The molecule has 11 nitrogen and oxygen atoms in total. The van der Waals surface area contributed by atoms with Crippen LogP contribution in [0.2, 0.25) is 0 Å². The number of hydroxylamine groups is 2. The molecule has 1 aromatic heterocycles. The minimum absolute atomic E-state index is 0.0111. The van der Waals surface area contributed by atoms with Gasteiger partial charge >= 0.3 is 11.6 Å². The Balaban J connectivity index is 1.88. The van der Waals surface area contributed by atoms with Crippen molar-refractivity contribution in [2.75, 3.05) is 5.73 Å². The molecule has 1 fully saturated rings. The summed E-state index contributed by atoms with van der Waals surface area (Å²) in [5.41, 5.74) is 4.93. The standard InChI is InChI=1S/C17H16N2O9S/c1-8-9(2-5-16(22)28-19-14(20)3-4-15(19)21)17(23)27-12-7-11(18)13(6-10(8)12)29(24,25)26/h6-7H,2-5,18H2,1H3,(H,24,25,26). The fourth-order valence-corrected chi connectivity index (χ4v) is 3.60. The van der Waals surface area contributed by atoms with E-state index in [1.807, 2.05) is 0 Å². The Morgan fingerprint density at radius 2 is 1.86 bits per heavy atom. The highest BCUT2D eigenvalue weighted by Gasteiger charge is 2.32. The molecule has 0 unspecified atom stereocenters. The topological polar surface area (TPSA) is 174 Å². The first-order valence-electron chi connectivity index (χ1n) is 8.39. The number of fused-ring (bicyclic) bond motifs is 1. The lowest BCUT2D eigenvalue weighted by Gasteiger charge is -2.13. The molecule has 3 rings (SSSR count). The molecule has 12 heteroatoms. The van der Waals surface area contributed by atoms with Crippen LogP contribution in [0.3, 0.4) is 0 Å². The summed E-state index contributed by atoms with van der Waals surface area (Å²) >= 11 is 0. The Bertz CT molecular complexity index is 1200. The number of aryl methyl sites for hydroxylation is 1. The van der Waals surface area contributed by atoms with Crippen molar-refractivity contribution in [1.29, 1.82) is 0 Å². The molecule has 1 aromatic carbocycles. The Morgan fingerprint density at radius 1 is 1.24 bits per heavy atom. The van der Waals surface area contributed by atoms with Crippen molar-refractivity contribution in [2.45, 2.75) is 37.5 Å². The van der Waals surface area contributed by atoms with Crippen molar-refractivity contribution in [2.24, 2.45) is 0 Å². The summed E-state index contributed by atoms with van der Waals surface area (Å²) in [7, 11) is -4.60. The van der Waals surface area contributed by atoms with Gasteiger partial charge < -0.3 is 15.0 Å². The number of benzene rings is 1. The van der Waals surface area contributed by atoms with Gasteiger partial charge in [0.2, 0.25) is 0 Å². The van der Waals surface area contributed by atoms with Crippen molar-refractivity contribution >= 4 is 44.6 Å². The third kappa shape index (κ3) is 3.98. The van der Waals surface area contributed by atoms with E-state index in [0.29, 0.717) is 10.6 Å². The van der Waals surface area contributed by atoms with E-state index >= 15 is 0 Å². The van der Waals surface area contributed by atoms with E-state index in [2.05, 4.69) is 0 Å². The van der Waals surface area contributed by atoms with Crippen LogP contribution in [0.15, 0.2) is 26.2 Å². The molecule has 0 saturated carbocycles. The largest absolute Gasteiger partial charge is 0.422 e. The summed E-state index contributed by atoms with van der Waals surface area (Å²) in [6.07, 6.45) is -0.573. The maximum atomic E-state index is 12.3. The van der Waals surface area contributed by atoms with E-state index in [4.69, 9.17) is 15.0 Å². The molecule has 0 aliphatic carbocycles. The Labute approximate surface area is 163 Å². The second-order valence-corrected chi connectivity index (χ2v) is 7.79. The zero-order valence-corrected chi connectivity index (χ0v) is 15.9. The first-order valence-corrected chi connectivity index (χ1v) is 9.83. The molecule has 1 saturated heterocycles. The van der Waals surface area contributed by atoms with Crippen molar-refractivity contribution < 1.29 is 36.6 Å². The lowest BCUT2D eigenvalue weighted by molar-refractivity contribution is -0.197. The minimum atomic E-state index is -4.60. The van der Waals surface area contributed by atoms with Crippen LogP contribution in [0.4, 0.5) is 5.69 Å². The first kappa shape index (κ1) is 20.5. The summed E-state index contributed by atoms with van der Waals surface area (Å²) in [6.45, 7) is 1.51. The van der Waals surface area contributed by atoms with Gasteiger partial charge in [-0.1, -0.05) is 0 Å². The van der Waals surface area contributed by atoms with Crippen molar-refractivity contribution in [1.82, 2.24) is 5.06 Å². The van der Waals surface area contributed by atoms with Crippen LogP contribution in [0, 0.1) is 6.92 Å². The van der Waals surface area contributed by atoms with Gasteiger partial charge in [-0.15, -0.1) is 5.06 Å². The highest BCUT2D eigenvalue weighted by molar-refractivity contribution is 7.86. The smallest absolute Gasteiger partial charge is 0.339 e. The van der Waals surface area contributed by atoms with Gasteiger partial charge in [-0.2, -0.15) is 8.42 Å². The predicted molar refractivity (Wildman–Crippen MR) is 96.9 cm³/mol. The number of hydrogen-bond acceptors (Lipinski definition) is 9. The zero-order chi connectivity index (χ0) is 21.5. The normalized spacial score (nSPS) is 14.6. The number of anilines is 1. The molecule has 154 valence electrons. The number of amides is 2. The Morgan fingerprint density at radius 3 is 2.45 bits per heavy atom. The number of hydrogen-bond donors (Lipinski definition) is 2. The third-order valence-electron chi connectivity index (χ3n) is 4.47. The number of nitrogens with zero attached hydrogens (tertiary/aromatic N) is 1. The van der Waals surface area contributed by atoms with E-state index < -0.39 is 38.4 Å².